The van der Waals surface area contributed by atoms with Gasteiger partial charge in [-0.2, -0.15) is 0 Å². The zero-order chi connectivity index (χ0) is 10.6. The second-order valence-electron chi connectivity index (χ2n) is 3.00. The van der Waals surface area contributed by atoms with E-state index in [1.807, 2.05) is 18.4 Å². The van der Waals surface area contributed by atoms with E-state index in [9.17, 15) is 4.79 Å². The van der Waals surface area contributed by atoms with Crippen LogP contribution >= 0.6 is 38.9 Å². The minimum absolute atomic E-state index is 0.00419. The third-order valence-corrected chi connectivity index (χ3v) is 3.90. The van der Waals surface area contributed by atoms with Crippen molar-refractivity contribution in [3.05, 3.63) is 20.8 Å². The van der Waals surface area contributed by atoms with Crippen molar-refractivity contribution in [1.29, 1.82) is 0 Å². The maximum Gasteiger partial charge on any atom is 0.224 e. The number of thiophene rings is 1. The smallest absolute Gasteiger partial charge is 0.224 e. The number of rotatable bonds is 4. The molecule has 0 bridgehead atoms. The van der Waals surface area contributed by atoms with Crippen LogP contribution in [0.4, 0.5) is 0 Å². The van der Waals surface area contributed by atoms with Crippen LogP contribution in [-0.2, 0) is 11.3 Å². The SMILES string of the molecule is CC(CCl)C(=O)NCc1cc(Br)cs1. The van der Waals surface area contributed by atoms with E-state index in [0.29, 0.717) is 12.4 Å². The van der Waals surface area contributed by atoms with Crippen LogP contribution in [0.2, 0.25) is 0 Å². The first kappa shape index (κ1) is 12.0. The fourth-order valence-electron chi connectivity index (χ4n) is 0.865. The van der Waals surface area contributed by atoms with Gasteiger partial charge in [0.25, 0.3) is 0 Å². The van der Waals surface area contributed by atoms with Crippen molar-refractivity contribution >= 4 is 44.8 Å². The fourth-order valence-corrected chi connectivity index (χ4v) is 2.40. The van der Waals surface area contributed by atoms with Gasteiger partial charge in [-0.05, 0) is 22.0 Å². The highest BCUT2D eigenvalue weighted by Gasteiger charge is 2.10. The number of carbonyl (C=O) groups excluding carboxylic acids is 1. The lowest BCUT2D eigenvalue weighted by Gasteiger charge is -2.07. The van der Waals surface area contributed by atoms with Crippen molar-refractivity contribution in [2.75, 3.05) is 5.88 Å². The fraction of sp³-hybridized carbons (Fsp3) is 0.444. The average molecular weight is 297 g/mol. The Morgan fingerprint density at radius 3 is 3.00 bits per heavy atom. The van der Waals surface area contributed by atoms with E-state index in [1.54, 1.807) is 11.3 Å². The highest BCUT2D eigenvalue weighted by molar-refractivity contribution is 9.10. The summed E-state index contributed by atoms with van der Waals surface area (Å²) in [5.74, 6) is 0.240. The second-order valence-corrected chi connectivity index (χ2v) is 5.22. The standard InChI is InChI=1S/C9H11BrClNOS/c1-6(3-11)9(13)12-4-8-2-7(10)5-14-8/h2,5-6H,3-4H2,1H3,(H,12,13). The molecule has 1 amide bonds. The first-order valence-electron chi connectivity index (χ1n) is 4.20. The van der Waals surface area contributed by atoms with Crippen molar-refractivity contribution in [2.45, 2.75) is 13.5 Å². The molecule has 2 nitrogen and oxygen atoms in total. The van der Waals surface area contributed by atoms with Gasteiger partial charge in [-0.3, -0.25) is 4.79 Å². The lowest BCUT2D eigenvalue weighted by molar-refractivity contribution is -0.124. The van der Waals surface area contributed by atoms with Crippen molar-refractivity contribution in [3.63, 3.8) is 0 Å². The van der Waals surface area contributed by atoms with E-state index >= 15 is 0 Å². The molecular weight excluding hydrogens is 286 g/mol. The second kappa shape index (κ2) is 5.73. The number of hydrogen-bond acceptors (Lipinski definition) is 2. The van der Waals surface area contributed by atoms with Crippen LogP contribution < -0.4 is 5.32 Å². The first-order chi connectivity index (χ1) is 6.63. The van der Waals surface area contributed by atoms with Gasteiger partial charge in [0.15, 0.2) is 0 Å². The lowest BCUT2D eigenvalue weighted by Crippen LogP contribution is -2.29. The van der Waals surface area contributed by atoms with Gasteiger partial charge in [0.05, 0.1) is 6.54 Å². The predicted molar refractivity (Wildman–Crippen MR) is 63.7 cm³/mol. The number of carbonyl (C=O) groups is 1. The minimum atomic E-state index is -0.125. The van der Waals surface area contributed by atoms with Gasteiger partial charge < -0.3 is 5.32 Å². The van der Waals surface area contributed by atoms with Crippen molar-refractivity contribution in [2.24, 2.45) is 5.92 Å². The third kappa shape index (κ3) is 3.59. The normalized spacial score (nSPS) is 12.5. The maximum atomic E-state index is 11.4. The molecular formula is C9H11BrClNOS. The summed E-state index contributed by atoms with van der Waals surface area (Å²) in [6.07, 6.45) is 0. The summed E-state index contributed by atoms with van der Waals surface area (Å²) < 4.78 is 1.05. The summed E-state index contributed by atoms with van der Waals surface area (Å²) in [6.45, 7) is 2.39. The Morgan fingerprint density at radius 2 is 2.50 bits per heavy atom. The van der Waals surface area contributed by atoms with E-state index in [1.165, 1.54) is 0 Å². The molecule has 14 heavy (non-hydrogen) atoms. The zero-order valence-electron chi connectivity index (χ0n) is 7.72. The Bertz CT molecular complexity index is 316. The lowest BCUT2D eigenvalue weighted by atomic mass is 10.2. The Hall–Kier alpha value is -0.0600. The molecule has 1 heterocycles. The summed E-state index contributed by atoms with van der Waals surface area (Å²) in [5.41, 5.74) is 0. The largest absolute Gasteiger partial charge is 0.351 e. The Labute approximate surface area is 101 Å². The van der Waals surface area contributed by atoms with Crippen LogP contribution in [0.1, 0.15) is 11.8 Å². The molecule has 0 aliphatic rings. The molecule has 0 aliphatic carbocycles. The van der Waals surface area contributed by atoms with Gasteiger partial charge in [0.1, 0.15) is 0 Å². The number of hydrogen-bond donors (Lipinski definition) is 1. The molecule has 0 spiro atoms. The molecule has 1 N–H and O–H groups in total. The number of nitrogens with one attached hydrogen (secondary N) is 1. The maximum absolute atomic E-state index is 11.4. The molecule has 5 heteroatoms. The first-order valence-corrected chi connectivity index (χ1v) is 6.40. The molecule has 1 aromatic heterocycles. The van der Waals surface area contributed by atoms with Crippen LogP contribution in [0.15, 0.2) is 15.9 Å². The average Bonchev–Trinajstić information content (AvgIpc) is 2.59. The quantitative estimate of drug-likeness (QED) is 0.850. The van der Waals surface area contributed by atoms with E-state index in [4.69, 9.17) is 11.6 Å². The molecule has 0 fully saturated rings. The van der Waals surface area contributed by atoms with Crippen molar-refractivity contribution < 1.29 is 4.79 Å². The van der Waals surface area contributed by atoms with Gasteiger partial charge in [-0.1, -0.05) is 6.92 Å². The van der Waals surface area contributed by atoms with Gasteiger partial charge >= 0.3 is 0 Å². The Kier molecular flexibility index (Phi) is 4.92. The minimum Gasteiger partial charge on any atom is -0.351 e. The topological polar surface area (TPSA) is 29.1 Å². The van der Waals surface area contributed by atoms with Gasteiger partial charge in [0.2, 0.25) is 5.91 Å². The Morgan fingerprint density at radius 1 is 1.79 bits per heavy atom. The molecule has 1 unspecified atom stereocenters. The third-order valence-electron chi connectivity index (χ3n) is 1.74. The molecule has 0 aromatic carbocycles. The van der Waals surface area contributed by atoms with Gasteiger partial charge in [-0.15, -0.1) is 22.9 Å². The predicted octanol–water partition coefficient (Wildman–Crippen LogP) is 3.00. The highest BCUT2D eigenvalue weighted by Crippen LogP contribution is 2.19. The molecule has 0 radical (unpaired) electrons. The zero-order valence-corrected chi connectivity index (χ0v) is 10.9. The summed E-state index contributed by atoms with van der Waals surface area (Å²) in [7, 11) is 0. The number of alkyl halides is 1. The number of halogens is 2. The number of amides is 1. The van der Waals surface area contributed by atoms with Crippen LogP contribution in [0, 0.1) is 5.92 Å². The van der Waals surface area contributed by atoms with Gasteiger partial charge in [-0.25, -0.2) is 0 Å². The summed E-state index contributed by atoms with van der Waals surface area (Å²) >= 11 is 10.5. The van der Waals surface area contributed by atoms with Crippen LogP contribution in [0.5, 0.6) is 0 Å². The van der Waals surface area contributed by atoms with Crippen LogP contribution in [0.3, 0.4) is 0 Å². The van der Waals surface area contributed by atoms with Gasteiger partial charge in [0, 0.05) is 26.5 Å². The van der Waals surface area contributed by atoms with Crippen LogP contribution in [-0.4, -0.2) is 11.8 Å². The van der Waals surface area contributed by atoms with Crippen molar-refractivity contribution in [1.82, 2.24) is 5.32 Å². The molecule has 1 rings (SSSR count). The summed E-state index contributed by atoms with van der Waals surface area (Å²) in [6, 6.07) is 2.00. The highest BCUT2D eigenvalue weighted by atomic mass is 79.9. The van der Waals surface area contributed by atoms with E-state index in [2.05, 4.69) is 21.2 Å². The van der Waals surface area contributed by atoms with Crippen LogP contribution in [0.25, 0.3) is 0 Å². The van der Waals surface area contributed by atoms with E-state index in [0.717, 1.165) is 9.35 Å². The molecule has 0 saturated heterocycles. The summed E-state index contributed by atoms with van der Waals surface area (Å²) in [5, 5.41) is 4.82. The van der Waals surface area contributed by atoms with Crippen molar-refractivity contribution in [3.8, 4) is 0 Å². The Balaban J connectivity index is 2.37. The monoisotopic (exact) mass is 295 g/mol. The molecule has 1 aromatic rings. The van der Waals surface area contributed by atoms with E-state index in [-0.39, 0.29) is 11.8 Å². The molecule has 0 aliphatic heterocycles. The molecule has 1 atom stereocenters. The summed E-state index contributed by atoms with van der Waals surface area (Å²) in [4.78, 5) is 12.5. The molecule has 0 saturated carbocycles. The van der Waals surface area contributed by atoms with E-state index < -0.39 is 0 Å². The molecule has 78 valence electrons.